The third-order valence-corrected chi connectivity index (χ3v) is 2.86. The fraction of sp³-hybridized carbons (Fsp3) is 0. The van der Waals surface area contributed by atoms with Crippen LogP contribution in [0.15, 0.2) is 47.2 Å². The summed E-state index contributed by atoms with van der Waals surface area (Å²) in [4.78, 5) is 15.2. The number of oxazole rings is 1. The largest absolute Gasteiger partial charge is 0.478 e. The highest BCUT2D eigenvalue weighted by Crippen LogP contribution is 2.30. The quantitative estimate of drug-likeness (QED) is 0.764. The molecule has 0 aliphatic rings. The highest BCUT2D eigenvalue weighted by Gasteiger charge is 2.17. The van der Waals surface area contributed by atoms with Gasteiger partial charge in [-0.3, -0.25) is 0 Å². The lowest BCUT2D eigenvalue weighted by Crippen LogP contribution is -2.04. The molecule has 0 saturated heterocycles. The van der Waals surface area contributed by atoms with E-state index < -0.39 is 11.8 Å². The first-order valence-corrected chi connectivity index (χ1v) is 5.78. The molecule has 0 fully saturated rings. The summed E-state index contributed by atoms with van der Waals surface area (Å²) in [5.41, 5.74) is 1.09. The zero-order valence-electron chi connectivity index (χ0n) is 10.1. The third kappa shape index (κ3) is 1.97. The predicted octanol–water partition coefficient (Wildman–Crippen LogP) is 3.41. The minimum absolute atomic E-state index is 0.0162. The highest BCUT2D eigenvalue weighted by molar-refractivity contribution is 6.03. The molecule has 20 heavy (non-hydrogen) atoms. The van der Waals surface area contributed by atoms with Crippen LogP contribution in [0.2, 0.25) is 0 Å². The number of carboxylic acids is 1. The summed E-state index contributed by atoms with van der Waals surface area (Å²) in [7, 11) is 0. The van der Waals surface area contributed by atoms with Crippen molar-refractivity contribution in [2.45, 2.75) is 0 Å². The van der Waals surface area contributed by atoms with E-state index in [2.05, 4.69) is 10.3 Å². The van der Waals surface area contributed by atoms with Crippen LogP contribution in [0.4, 0.5) is 15.8 Å². The van der Waals surface area contributed by atoms with Gasteiger partial charge in [0.25, 0.3) is 0 Å². The molecule has 0 aliphatic carbocycles. The first kappa shape index (κ1) is 12.2. The van der Waals surface area contributed by atoms with E-state index in [-0.39, 0.29) is 22.5 Å². The number of rotatable bonds is 3. The third-order valence-electron chi connectivity index (χ3n) is 2.86. The molecule has 100 valence electrons. The molecule has 6 heteroatoms. The zero-order valence-corrected chi connectivity index (χ0v) is 10.1. The number of hydrogen-bond acceptors (Lipinski definition) is 4. The molecule has 0 atom stereocenters. The molecule has 0 aliphatic heterocycles. The standard InChI is InChI=1S/C14H9FN2O3/c15-9-3-1-2-4-10(9)17-12-8(14(18)19)5-6-11-13(12)20-7-16-11/h1-7,17H,(H,18,19). The Hall–Kier alpha value is -2.89. The highest BCUT2D eigenvalue weighted by atomic mass is 19.1. The maximum Gasteiger partial charge on any atom is 0.337 e. The van der Waals surface area contributed by atoms with Crippen molar-refractivity contribution in [2.24, 2.45) is 0 Å². The molecule has 0 radical (unpaired) electrons. The summed E-state index contributed by atoms with van der Waals surface area (Å²) in [5, 5.41) is 12.0. The van der Waals surface area contributed by atoms with Gasteiger partial charge in [-0.2, -0.15) is 0 Å². The van der Waals surface area contributed by atoms with E-state index in [1.54, 1.807) is 12.1 Å². The van der Waals surface area contributed by atoms with Crippen molar-refractivity contribution in [3.63, 3.8) is 0 Å². The second-order valence-corrected chi connectivity index (χ2v) is 4.10. The molecule has 0 spiro atoms. The summed E-state index contributed by atoms with van der Waals surface area (Å²) in [6, 6.07) is 8.92. The lowest BCUT2D eigenvalue weighted by atomic mass is 10.1. The number of fused-ring (bicyclic) bond motifs is 1. The van der Waals surface area contributed by atoms with Crippen LogP contribution in [0.3, 0.4) is 0 Å². The van der Waals surface area contributed by atoms with Gasteiger partial charge in [-0.05, 0) is 24.3 Å². The van der Waals surface area contributed by atoms with E-state index >= 15 is 0 Å². The molecule has 1 aromatic heterocycles. The van der Waals surface area contributed by atoms with Crippen molar-refractivity contribution >= 4 is 28.4 Å². The number of para-hydroxylation sites is 1. The zero-order chi connectivity index (χ0) is 14.1. The van der Waals surface area contributed by atoms with E-state index in [1.807, 2.05) is 0 Å². The fourth-order valence-corrected chi connectivity index (χ4v) is 1.93. The number of hydrogen-bond donors (Lipinski definition) is 2. The Morgan fingerprint density at radius 3 is 2.80 bits per heavy atom. The van der Waals surface area contributed by atoms with Crippen molar-refractivity contribution < 1.29 is 18.7 Å². The molecule has 5 nitrogen and oxygen atoms in total. The van der Waals surface area contributed by atoms with E-state index in [0.29, 0.717) is 5.52 Å². The maximum absolute atomic E-state index is 13.7. The molecular formula is C14H9FN2O3. The summed E-state index contributed by atoms with van der Waals surface area (Å²) in [6.07, 6.45) is 1.21. The minimum atomic E-state index is -1.14. The molecule has 0 saturated carbocycles. The number of carboxylic acid groups (broad SMARTS) is 1. The molecule has 2 aromatic carbocycles. The van der Waals surface area contributed by atoms with Crippen LogP contribution < -0.4 is 5.32 Å². The number of benzene rings is 2. The van der Waals surface area contributed by atoms with Gasteiger partial charge in [0.05, 0.1) is 16.9 Å². The van der Waals surface area contributed by atoms with Gasteiger partial charge in [0, 0.05) is 0 Å². The number of halogens is 1. The van der Waals surface area contributed by atoms with Gasteiger partial charge < -0.3 is 14.8 Å². The maximum atomic E-state index is 13.7. The minimum Gasteiger partial charge on any atom is -0.478 e. The first-order valence-electron chi connectivity index (χ1n) is 5.78. The first-order chi connectivity index (χ1) is 9.66. The van der Waals surface area contributed by atoms with Crippen molar-refractivity contribution in [1.29, 1.82) is 0 Å². The molecule has 3 rings (SSSR count). The number of nitrogens with zero attached hydrogens (tertiary/aromatic N) is 1. The summed E-state index contributed by atoms with van der Waals surface area (Å²) in [5.74, 6) is -1.62. The number of aromatic nitrogens is 1. The van der Waals surface area contributed by atoms with Gasteiger partial charge in [0.2, 0.25) is 0 Å². The van der Waals surface area contributed by atoms with Crippen molar-refractivity contribution in [2.75, 3.05) is 5.32 Å². The Morgan fingerprint density at radius 2 is 2.05 bits per heavy atom. The topological polar surface area (TPSA) is 75.4 Å². The van der Waals surface area contributed by atoms with Crippen LogP contribution in [0.5, 0.6) is 0 Å². The molecule has 2 N–H and O–H groups in total. The SMILES string of the molecule is O=C(O)c1ccc2ncoc2c1Nc1ccccc1F. The van der Waals surface area contributed by atoms with Gasteiger partial charge >= 0.3 is 5.97 Å². The van der Waals surface area contributed by atoms with E-state index in [0.717, 1.165) is 0 Å². The lowest BCUT2D eigenvalue weighted by Gasteiger charge is -2.10. The Balaban J connectivity index is 2.18. The Morgan fingerprint density at radius 1 is 1.25 bits per heavy atom. The second-order valence-electron chi connectivity index (χ2n) is 4.10. The van der Waals surface area contributed by atoms with Crippen molar-refractivity contribution in [3.05, 3.63) is 54.2 Å². The molecular weight excluding hydrogens is 263 g/mol. The van der Waals surface area contributed by atoms with Gasteiger partial charge in [-0.25, -0.2) is 14.2 Å². The average molecular weight is 272 g/mol. The molecule has 3 aromatic rings. The van der Waals surface area contributed by atoms with Crippen LogP contribution in [-0.2, 0) is 0 Å². The van der Waals surface area contributed by atoms with Gasteiger partial charge in [-0.1, -0.05) is 12.1 Å². The molecule has 0 unspecified atom stereocenters. The Kier molecular flexibility index (Phi) is 2.83. The molecule has 0 bridgehead atoms. The fourth-order valence-electron chi connectivity index (χ4n) is 1.93. The average Bonchev–Trinajstić information content (AvgIpc) is 2.90. The Labute approximate surface area is 112 Å². The number of anilines is 2. The van der Waals surface area contributed by atoms with Gasteiger partial charge in [0.15, 0.2) is 12.0 Å². The summed E-state index contributed by atoms with van der Waals surface area (Å²) >= 11 is 0. The predicted molar refractivity (Wildman–Crippen MR) is 70.7 cm³/mol. The second kappa shape index (κ2) is 4.65. The van der Waals surface area contributed by atoms with Crippen LogP contribution in [0, 0.1) is 5.82 Å². The van der Waals surface area contributed by atoms with E-state index in [4.69, 9.17) is 4.42 Å². The summed E-state index contributed by atoms with van der Waals surface area (Å²) < 4.78 is 18.9. The lowest BCUT2D eigenvalue weighted by molar-refractivity contribution is 0.0698. The monoisotopic (exact) mass is 272 g/mol. The smallest absolute Gasteiger partial charge is 0.337 e. The van der Waals surface area contributed by atoms with Crippen LogP contribution in [0.1, 0.15) is 10.4 Å². The van der Waals surface area contributed by atoms with Crippen molar-refractivity contribution in [3.8, 4) is 0 Å². The van der Waals surface area contributed by atoms with Crippen LogP contribution >= 0.6 is 0 Å². The summed E-state index contributed by atoms with van der Waals surface area (Å²) in [6.45, 7) is 0. The van der Waals surface area contributed by atoms with E-state index in [9.17, 15) is 14.3 Å². The normalized spacial score (nSPS) is 10.7. The number of nitrogens with one attached hydrogen (secondary N) is 1. The number of aromatic carboxylic acids is 1. The number of carbonyl (C=O) groups is 1. The van der Waals surface area contributed by atoms with Gasteiger partial charge in [0.1, 0.15) is 11.3 Å². The molecule has 0 amide bonds. The van der Waals surface area contributed by atoms with E-state index in [1.165, 1.54) is 30.7 Å². The molecule has 1 heterocycles. The van der Waals surface area contributed by atoms with Crippen LogP contribution in [-0.4, -0.2) is 16.1 Å². The Bertz CT molecular complexity index is 798. The van der Waals surface area contributed by atoms with Crippen LogP contribution in [0.25, 0.3) is 11.1 Å². The van der Waals surface area contributed by atoms with Gasteiger partial charge in [-0.15, -0.1) is 0 Å². The van der Waals surface area contributed by atoms with Crippen molar-refractivity contribution in [1.82, 2.24) is 4.98 Å².